The molecule has 3 nitrogen and oxygen atoms in total. The first-order chi connectivity index (χ1) is 6.27. The standard InChI is InChI=1S/C10H10NO2/c1-8-2-4-11(12)10(6-8)9-3-5-13-7-9/h2-7,12H,1H3/q+1. The molecule has 66 valence electrons. The first kappa shape index (κ1) is 7.86. The van der Waals surface area contributed by atoms with Crippen LogP contribution in [0.25, 0.3) is 11.3 Å². The summed E-state index contributed by atoms with van der Waals surface area (Å²) in [5.74, 6) is 0. The minimum Gasteiger partial charge on any atom is -0.472 e. The number of aromatic nitrogens is 1. The second-order valence-corrected chi connectivity index (χ2v) is 2.95. The van der Waals surface area contributed by atoms with Gasteiger partial charge in [0, 0.05) is 16.9 Å². The van der Waals surface area contributed by atoms with E-state index >= 15 is 0 Å². The van der Waals surface area contributed by atoms with Crippen LogP contribution in [0.15, 0.2) is 41.3 Å². The van der Waals surface area contributed by atoms with Gasteiger partial charge in [0.25, 0.3) is 5.69 Å². The second-order valence-electron chi connectivity index (χ2n) is 2.95. The van der Waals surface area contributed by atoms with E-state index in [0.717, 1.165) is 21.6 Å². The molecule has 0 radical (unpaired) electrons. The van der Waals surface area contributed by atoms with Crippen LogP contribution in [-0.2, 0) is 0 Å². The normalized spacial score (nSPS) is 10.2. The maximum absolute atomic E-state index is 9.48. The van der Waals surface area contributed by atoms with Crippen LogP contribution >= 0.6 is 0 Å². The Labute approximate surface area is 75.8 Å². The van der Waals surface area contributed by atoms with Crippen LogP contribution in [0.1, 0.15) is 5.56 Å². The molecule has 0 fully saturated rings. The van der Waals surface area contributed by atoms with Crippen molar-refractivity contribution in [2.45, 2.75) is 6.92 Å². The Bertz CT molecular complexity index is 407. The minimum atomic E-state index is 0.730. The lowest BCUT2D eigenvalue weighted by molar-refractivity contribution is -0.896. The molecule has 0 spiro atoms. The van der Waals surface area contributed by atoms with E-state index < -0.39 is 0 Å². The first-order valence-corrected chi connectivity index (χ1v) is 4.01. The molecule has 0 saturated heterocycles. The molecule has 2 aromatic heterocycles. The van der Waals surface area contributed by atoms with Gasteiger partial charge in [-0.3, -0.25) is 5.21 Å². The van der Waals surface area contributed by atoms with E-state index in [4.69, 9.17) is 4.42 Å². The molecule has 3 heteroatoms. The number of aryl methyl sites for hydroxylation is 1. The molecule has 0 aliphatic heterocycles. The van der Waals surface area contributed by atoms with Gasteiger partial charge in [0.05, 0.1) is 11.8 Å². The molecule has 0 atom stereocenters. The zero-order valence-corrected chi connectivity index (χ0v) is 7.27. The number of pyridine rings is 1. The molecule has 13 heavy (non-hydrogen) atoms. The summed E-state index contributed by atoms with van der Waals surface area (Å²) in [6.07, 6.45) is 4.79. The molecule has 0 aromatic carbocycles. The fraction of sp³-hybridized carbons (Fsp3) is 0.100. The summed E-state index contributed by atoms with van der Waals surface area (Å²) in [6, 6.07) is 5.54. The van der Waals surface area contributed by atoms with Gasteiger partial charge in [0.15, 0.2) is 0 Å². The Morgan fingerprint density at radius 3 is 2.92 bits per heavy atom. The summed E-state index contributed by atoms with van der Waals surface area (Å²) in [5.41, 5.74) is 2.70. The highest BCUT2D eigenvalue weighted by molar-refractivity contribution is 5.54. The Balaban J connectivity index is 2.57. The Hall–Kier alpha value is -1.77. The van der Waals surface area contributed by atoms with Gasteiger partial charge in [-0.25, -0.2) is 0 Å². The van der Waals surface area contributed by atoms with Gasteiger partial charge in [0.1, 0.15) is 6.26 Å². The second kappa shape index (κ2) is 2.94. The third-order valence-electron chi connectivity index (χ3n) is 1.91. The van der Waals surface area contributed by atoms with Crippen LogP contribution < -0.4 is 4.73 Å². The molecule has 2 rings (SSSR count). The molecule has 0 bridgehead atoms. The van der Waals surface area contributed by atoms with Crippen molar-refractivity contribution >= 4 is 0 Å². The summed E-state index contributed by atoms with van der Waals surface area (Å²) in [6.45, 7) is 1.98. The maximum Gasteiger partial charge on any atom is 0.267 e. The average Bonchev–Trinajstić information content (AvgIpc) is 2.61. The Kier molecular flexibility index (Phi) is 1.77. The van der Waals surface area contributed by atoms with E-state index in [9.17, 15) is 5.21 Å². The lowest BCUT2D eigenvalue weighted by Crippen LogP contribution is -2.31. The molecule has 0 aliphatic carbocycles. The SMILES string of the molecule is Cc1cc[n+](O)c(-c2ccoc2)c1. The number of hydrogen-bond acceptors (Lipinski definition) is 2. The van der Waals surface area contributed by atoms with Gasteiger partial charge in [-0.05, 0) is 18.6 Å². The van der Waals surface area contributed by atoms with Crippen LogP contribution in [0.5, 0.6) is 0 Å². The monoisotopic (exact) mass is 176 g/mol. The quantitative estimate of drug-likeness (QED) is 0.531. The Morgan fingerprint density at radius 2 is 2.23 bits per heavy atom. The first-order valence-electron chi connectivity index (χ1n) is 4.01. The number of nitrogens with zero attached hydrogens (tertiary/aromatic N) is 1. The van der Waals surface area contributed by atoms with Gasteiger partial charge in [-0.15, -0.1) is 0 Å². The van der Waals surface area contributed by atoms with Gasteiger partial charge < -0.3 is 4.42 Å². The van der Waals surface area contributed by atoms with Crippen molar-refractivity contribution in [3.8, 4) is 11.3 Å². The summed E-state index contributed by atoms with van der Waals surface area (Å²) in [5, 5.41) is 9.48. The highest BCUT2D eigenvalue weighted by Crippen LogP contribution is 2.15. The van der Waals surface area contributed by atoms with Crippen LogP contribution in [0.4, 0.5) is 0 Å². The van der Waals surface area contributed by atoms with Crippen molar-refractivity contribution in [3.63, 3.8) is 0 Å². The topological polar surface area (TPSA) is 37.2 Å². The molecule has 0 unspecified atom stereocenters. The molecule has 2 heterocycles. The van der Waals surface area contributed by atoms with Gasteiger partial charge in [-0.1, -0.05) is 0 Å². The van der Waals surface area contributed by atoms with Crippen molar-refractivity contribution in [2.75, 3.05) is 0 Å². The summed E-state index contributed by atoms with van der Waals surface area (Å²) >= 11 is 0. The third-order valence-corrected chi connectivity index (χ3v) is 1.91. The van der Waals surface area contributed by atoms with E-state index in [1.54, 1.807) is 18.7 Å². The lowest BCUT2D eigenvalue weighted by Gasteiger charge is -1.93. The largest absolute Gasteiger partial charge is 0.472 e. The van der Waals surface area contributed by atoms with E-state index in [1.807, 2.05) is 25.1 Å². The molecule has 0 amide bonds. The summed E-state index contributed by atoms with van der Waals surface area (Å²) in [7, 11) is 0. The predicted molar refractivity (Wildman–Crippen MR) is 46.3 cm³/mol. The molecule has 2 aromatic rings. The maximum atomic E-state index is 9.48. The number of furan rings is 1. The lowest BCUT2D eigenvalue weighted by atomic mass is 10.2. The van der Waals surface area contributed by atoms with Crippen molar-refractivity contribution in [3.05, 3.63) is 42.5 Å². The number of rotatable bonds is 1. The van der Waals surface area contributed by atoms with Crippen LogP contribution in [-0.4, -0.2) is 5.21 Å². The van der Waals surface area contributed by atoms with Crippen LogP contribution in [0, 0.1) is 6.92 Å². The smallest absolute Gasteiger partial charge is 0.267 e. The van der Waals surface area contributed by atoms with E-state index in [-0.39, 0.29) is 0 Å². The van der Waals surface area contributed by atoms with E-state index in [2.05, 4.69) is 0 Å². The highest BCUT2D eigenvalue weighted by Gasteiger charge is 2.13. The van der Waals surface area contributed by atoms with Crippen molar-refractivity contribution in [1.29, 1.82) is 0 Å². The number of hydrogen-bond donors (Lipinski definition) is 1. The van der Waals surface area contributed by atoms with Crippen molar-refractivity contribution in [2.24, 2.45) is 0 Å². The van der Waals surface area contributed by atoms with Crippen LogP contribution in [0.3, 0.4) is 0 Å². The molecule has 0 aliphatic rings. The minimum absolute atomic E-state index is 0.730. The van der Waals surface area contributed by atoms with Crippen molar-refractivity contribution in [1.82, 2.24) is 0 Å². The molecular weight excluding hydrogens is 166 g/mol. The van der Waals surface area contributed by atoms with E-state index in [0.29, 0.717) is 0 Å². The van der Waals surface area contributed by atoms with Gasteiger partial charge in [0.2, 0.25) is 6.20 Å². The summed E-state index contributed by atoms with van der Waals surface area (Å²) in [4.78, 5) is 0. The van der Waals surface area contributed by atoms with Crippen LogP contribution in [0.2, 0.25) is 0 Å². The zero-order chi connectivity index (χ0) is 9.26. The van der Waals surface area contributed by atoms with Gasteiger partial charge in [-0.2, -0.15) is 0 Å². The Morgan fingerprint density at radius 1 is 1.38 bits per heavy atom. The molecule has 0 saturated carbocycles. The molecular formula is C10H10NO2+. The zero-order valence-electron chi connectivity index (χ0n) is 7.27. The van der Waals surface area contributed by atoms with Crippen molar-refractivity contribution < 1.29 is 14.4 Å². The fourth-order valence-corrected chi connectivity index (χ4v) is 1.22. The third kappa shape index (κ3) is 1.40. The van der Waals surface area contributed by atoms with Gasteiger partial charge >= 0.3 is 0 Å². The highest BCUT2D eigenvalue weighted by atomic mass is 16.5. The average molecular weight is 176 g/mol. The van der Waals surface area contributed by atoms with E-state index in [1.165, 1.54) is 0 Å². The predicted octanol–water partition coefficient (Wildman–Crippen LogP) is 1.78. The fourth-order valence-electron chi connectivity index (χ4n) is 1.22. The molecule has 1 N–H and O–H groups in total. The summed E-state index contributed by atoms with van der Waals surface area (Å²) < 4.78 is 6.02.